The summed E-state index contributed by atoms with van der Waals surface area (Å²) in [5, 5.41) is 0. The molecule has 5 rings (SSSR count). The molecule has 0 aliphatic carbocycles. The maximum Gasteiger partial charge on any atom is 0.251 e. The zero-order valence-electron chi connectivity index (χ0n) is 15.5. The number of nitrogens with zero attached hydrogens (tertiary/aromatic N) is 3. The van der Waals surface area contributed by atoms with Crippen LogP contribution in [0.3, 0.4) is 0 Å². The molecule has 0 saturated carbocycles. The quantitative estimate of drug-likeness (QED) is 0.539. The van der Waals surface area contributed by atoms with E-state index in [0.717, 1.165) is 12.4 Å². The van der Waals surface area contributed by atoms with Gasteiger partial charge in [0.25, 0.3) is 5.56 Å². The number of aromatic nitrogens is 4. The molecule has 30 heavy (non-hydrogen) atoms. The molecule has 0 unspecified atom stereocenters. The van der Waals surface area contributed by atoms with Crippen LogP contribution in [0.25, 0.3) is 22.1 Å². The predicted octanol–water partition coefficient (Wildman–Crippen LogP) is 1.97. The van der Waals surface area contributed by atoms with E-state index in [1.807, 2.05) is 0 Å². The standard InChI is InChI=1S/C12H11FN2O3.C8H5FN2O/c13-8-5-10-9(14-6-8)1-2-11(16)15(10)7-12-17-3-4-18-12;9-5-3-7-6(10-4-5)1-2-8(12)11-7/h1-2,5-6,12H,3-4,7H2;1-4H,(H,11,12). The van der Waals surface area contributed by atoms with Gasteiger partial charge < -0.3 is 19.0 Å². The third-order valence-corrected chi connectivity index (χ3v) is 4.36. The number of pyridine rings is 4. The molecule has 10 heteroatoms. The topological polar surface area (TPSA) is 99.1 Å². The molecule has 0 radical (unpaired) electrons. The summed E-state index contributed by atoms with van der Waals surface area (Å²) in [6.07, 6.45) is 1.77. The van der Waals surface area contributed by atoms with Crippen LogP contribution in [0.1, 0.15) is 0 Å². The first kappa shape index (κ1) is 19.8. The average molecular weight is 414 g/mol. The highest BCUT2D eigenvalue weighted by molar-refractivity contribution is 5.74. The van der Waals surface area contributed by atoms with Gasteiger partial charge in [-0.15, -0.1) is 0 Å². The van der Waals surface area contributed by atoms with Crippen LogP contribution < -0.4 is 11.1 Å². The van der Waals surface area contributed by atoms with Crippen molar-refractivity contribution in [1.82, 2.24) is 19.5 Å². The fourth-order valence-electron chi connectivity index (χ4n) is 3.00. The van der Waals surface area contributed by atoms with Crippen molar-refractivity contribution >= 4 is 22.1 Å². The number of aromatic amines is 1. The van der Waals surface area contributed by atoms with Crippen molar-refractivity contribution in [1.29, 1.82) is 0 Å². The Labute approximate surface area is 167 Å². The lowest BCUT2D eigenvalue weighted by Crippen LogP contribution is -2.27. The molecule has 4 aromatic rings. The lowest BCUT2D eigenvalue weighted by molar-refractivity contribution is -0.0522. The Morgan fingerprint density at radius 1 is 0.967 bits per heavy atom. The molecule has 0 amide bonds. The highest BCUT2D eigenvalue weighted by Crippen LogP contribution is 2.13. The van der Waals surface area contributed by atoms with Gasteiger partial charge in [0, 0.05) is 24.3 Å². The summed E-state index contributed by atoms with van der Waals surface area (Å²) in [5.41, 5.74) is 1.53. The maximum atomic E-state index is 13.2. The van der Waals surface area contributed by atoms with Crippen molar-refractivity contribution in [2.24, 2.45) is 0 Å². The Bertz CT molecular complexity index is 1320. The van der Waals surface area contributed by atoms with E-state index >= 15 is 0 Å². The largest absolute Gasteiger partial charge is 0.348 e. The van der Waals surface area contributed by atoms with Crippen LogP contribution in [0.4, 0.5) is 8.78 Å². The van der Waals surface area contributed by atoms with Gasteiger partial charge in [0.2, 0.25) is 5.56 Å². The van der Waals surface area contributed by atoms with Crippen molar-refractivity contribution in [3.63, 3.8) is 0 Å². The molecule has 0 atom stereocenters. The van der Waals surface area contributed by atoms with Gasteiger partial charge in [-0.2, -0.15) is 0 Å². The summed E-state index contributed by atoms with van der Waals surface area (Å²) < 4.78 is 37.8. The molecule has 8 nitrogen and oxygen atoms in total. The van der Waals surface area contributed by atoms with E-state index < -0.39 is 17.9 Å². The van der Waals surface area contributed by atoms with Crippen LogP contribution in [-0.2, 0) is 16.0 Å². The maximum absolute atomic E-state index is 13.2. The number of rotatable bonds is 2. The fourth-order valence-corrected chi connectivity index (χ4v) is 3.00. The third-order valence-electron chi connectivity index (χ3n) is 4.36. The monoisotopic (exact) mass is 414 g/mol. The van der Waals surface area contributed by atoms with Crippen molar-refractivity contribution in [3.05, 3.63) is 81.1 Å². The van der Waals surface area contributed by atoms with Gasteiger partial charge in [-0.25, -0.2) is 8.78 Å². The Morgan fingerprint density at radius 2 is 1.63 bits per heavy atom. The summed E-state index contributed by atoms with van der Waals surface area (Å²) in [6.45, 7) is 1.26. The summed E-state index contributed by atoms with van der Waals surface area (Å²) in [5.74, 6) is -0.931. The number of ether oxygens (including phenoxy) is 2. The van der Waals surface area contributed by atoms with Crippen molar-refractivity contribution in [2.45, 2.75) is 12.8 Å². The smallest absolute Gasteiger partial charge is 0.251 e. The Kier molecular flexibility index (Phi) is 5.59. The second-order valence-corrected chi connectivity index (χ2v) is 6.42. The molecular formula is C20H16F2N4O4. The van der Waals surface area contributed by atoms with Crippen molar-refractivity contribution in [3.8, 4) is 0 Å². The van der Waals surface area contributed by atoms with Crippen LogP contribution in [0.15, 0.2) is 58.4 Å². The minimum absolute atomic E-state index is 0.228. The number of hydrogen-bond donors (Lipinski definition) is 1. The highest BCUT2D eigenvalue weighted by Gasteiger charge is 2.18. The summed E-state index contributed by atoms with van der Waals surface area (Å²) in [6, 6.07) is 8.41. The minimum Gasteiger partial charge on any atom is -0.348 e. The molecular weight excluding hydrogens is 398 g/mol. The van der Waals surface area contributed by atoms with E-state index in [-0.39, 0.29) is 17.7 Å². The molecule has 1 aliphatic heterocycles. The molecule has 1 N–H and O–H groups in total. The molecule has 0 bridgehead atoms. The van der Waals surface area contributed by atoms with Gasteiger partial charge in [0.15, 0.2) is 6.29 Å². The number of hydrogen-bond acceptors (Lipinski definition) is 6. The van der Waals surface area contributed by atoms with E-state index in [1.54, 1.807) is 12.1 Å². The van der Waals surface area contributed by atoms with E-state index in [0.29, 0.717) is 35.3 Å². The van der Waals surface area contributed by atoms with Crippen LogP contribution >= 0.6 is 0 Å². The molecule has 5 heterocycles. The van der Waals surface area contributed by atoms with Crippen LogP contribution in [-0.4, -0.2) is 39.0 Å². The highest BCUT2D eigenvalue weighted by atomic mass is 19.1. The van der Waals surface area contributed by atoms with E-state index in [1.165, 1.54) is 28.8 Å². The number of fused-ring (bicyclic) bond motifs is 2. The molecule has 1 saturated heterocycles. The molecule has 1 fully saturated rings. The van der Waals surface area contributed by atoms with E-state index in [4.69, 9.17) is 9.47 Å². The van der Waals surface area contributed by atoms with Crippen molar-refractivity contribution < 1.29 is 18.3 Å². The SMILES string of the molecule is O=c1ccc2ncc(F)cc2[nH]1.O=c1ccc2ncc(F)cc2n1CC1OCCO1. The lowest BCUT2D eigenvalue weighted by Gasteiger charge is -2.13. The molecule has 0 aromatic carbocycles. The van der Waals surface area contributed by atoms with Gasteiger partial charge >= 0.3 is 0 Å². The van der Waals surface area contributed by atoms with Gasteiger partial charge in [-0.1, -0.05) is 0 Å². The van der Waals surface area contributed by atoms with Gasteiger partial charge in [-0.05, 0) is 12.1 Å². The van der Waals surface area contributed by atoms with E-state index in [2.05, 4.69) is 15.0 Å². The third kappa shape index (κ3) is 4.39. The van der Waals surface area contributed by atoms with Crippen LogP contribution in [0.2, 0.25) is 0 Å². The molecule has 4 aromatic heterocycles. The summed E-state index contributed by atoms with van der Waals surface area (Å²) >= 11 is 0. The van der Waals surface area contributed by atoms with Crippen LogP contribution in [0, 0.1) is 11.6 Å². The first-order chi connectivity index (χ1) is 14.5. The normalized spacial score (nSPS) is 14.1. The Hall–Kier alpha value is -3.50. The average Bonchev–Trinajstić information content (AvgIpc) is 3.24. The Morgan fingerprint density at radius 3 is 2.40 bits per heavy atom. The van der Waals surface area contributed by atoms with Gasteiger partial charge in [0.05, 0.1) is 54.2 Å². The number of H-pyrrole nitrogens is 1. The number of halogens is 2. The zero-order valence-corrected chi connectivity index (χ0v) is 15.5. The predicted molar refractivity (Wildman–Crippen MR) is 104 cm³/mol. The Balaban J connectivity index is 0.000000158. The first-order valence-electron chi connectivity index (χ1n) is 9.02. The van der Waals surface area contributed by atoms with Crippen molar-refractivity contribution in [2.75, 3.05) is 13.2 Å². The molecule has 1 aliphatic rings. The first-order valence-corrected chi connectivity index (χ1v) is 9.02. The van der Waals surface area contributed by atoms with Crippen LogP contribution in [0.5, 0.6) is 0 Å². The summed E-state index contributed by atoms with van der Waals surface area (Å²) in [7, 11) is 0. The van der Waals surface area contributed by atoms with Gasteiger partial charge in [-0.3, -0.25) is 19.6 Å². The second kappa shape index (κ2) is 8.47. The lowest BCUT2D eigenvalue weighted by atomic mass is 10.3. The fraction of sp³-hybridized carbons (Fsp3) is 0.200. The number of nitrogens with one attached hydrogen (secondary N) is 1. The minimum atomic E-state index is -0.477. The molecule has 0 spiro atoms. The molecule has 154 valence electrons. The van der Waals surface area contributed by atoms with Gasteiger partial charge in [0.1, 0.15) is 11.6 Å². The zero-order chi connectivity index (χ0) is 21.1. The second-order valence-electron chi connectivity index (χ2n) is 6.42. The summed E-state index contributed by atoms with van der Waals surface area (Å²) in [4.78, 5) is 32.8. The van der Waals surface area contributed by atoms with E-state index in [9.17, 15) is 18.4 Å².